The fourth-order valence-electron chi connectivity index (χ4n) is 5.87. The first-order chi connectivity index (χ1) is 17.8. The molecule has 0 aromatic carbocycles. The lowest BCUT2D eigenvalue weighted by Crippen LogP contribution is -2.24. The number of esters is 1. The van der Waals surface area contributed by atoms with Crippen molar-refractivity contribution in [2.24, 2.45) is 29.6 Å². The van der Waals surface area contributed by atoms with Crippen molar-refractivity contribution in [1.82, 2.24) is 0 Å². The van der Waals surface area contributed by atoms with Gasteiger partial charge in [-0.3, -0.25) is 4.79 Å². The van der Waals surface area contributed by atoms with E-state index in [1.165, 1.54) is 89.9 Å². The Bertz CT molecular complexity index is 642. The Hall–Kier alpha value is -1.62. The van der Waals surface area contributed by atoms with Gasteiger partial charge in [0.15, 0.2) is 0 Å². The summed E-state index contributed by atoms with van der Waals surface area (Å²) in [4.78, 5) is 22.3. The van der Waals surface area contributed by atoms with Crippen LogP contribution in [0.5, 0.6) is 0 Å². The zero-order valence-electron chi connectivity index (χ0n) is 24.2. The van der Waals surface area contributed by atoms with Crippen molar-refractivity contribution in [3.8, 4) is 0 Å². The van der Waals surface area contributed by atoms with Gasteiger partial charge in [-0.2, -0.15) is 0 Å². The predicted octanol–water partition coefficient (Wildman–Crippen LogP) is 7.81. The van der Waals surface area contributed by atoms with E-state index in [-0.39, 0.29) is 18.5 Å². The molecule has 2 saturated carbocycles. The van der Waals surface area contributed by atoms with E-state index >= 15 is 0 Å². The predicted molar refractivity (Wildman–Crippen MR) is 152 cm³/mol. The normalized spacial score (nSPS) is 24.2. The molecule has 2 rings (SSSR count). The number of hydrogen-bond acceptors (Lipinski definition) is 5. The average molecular weight is 521 g/mol. The smallest absolute Gasteiger partial charge is 0.333 e. The van der Waals surface area contributed by atoms with Gasteiger partial charge in [-0.25, -0.2) is 4.79 Å². The summed E-state index contributed by atoms with van der Waals surface area (Å²) in [6, 6.07) is 0. The van der Waals surface area contributed by atoms with E-state index in [0.29, 0.717) is 31.2 Å². The van der Waals surface area contributed by atoms with Gasteiger partial charge in [0.25, 0.3) is 6.47 Å². The van der Waals surface area contributed by atoms with Gasteiger partial charge in [0.1, 0.15) is 0 Å². The Labute approximate surface area is 227 Å². The van der Waals surface area contributed by atoms with Gasteiger partial charge in [-0.1, -0.05) is 116 Å². The second kappa shape index (κ2) is 20.4. The van der Waals surface area contributed by atoms with Gasteiger partial charge in [-0.15, -0.1) is 0 Å². The number of ether oxygens (including phenoxy) is 2. The van der Waals surface area contributed by atoms with Crippen LogP contribution in [0.25, 0.3) is 0 Å². The van der Waals surface area contributed by atoms with Gasteiger partial charge in [0, 0.05) is 11.5 Å². The number of hydrogen-bond donors (Lipinski definition) is 1. The largest absolute Gasteiger partial charge is 0.467 e. The van der Waals surface area contributed by atoms with Gasteiger partial charge in [-0.05, 0) is 43.9 Å². The van der Waals surface area contributed by atoms with Crippen molar-refractivity contribution >= 4 is 12.4 Å². The molecule has 1 N–H and O–H groups in total. The van der Waals surface area contributed by atoms with E-state index in [1.807, 2.05) is 0 Å². The van der Waals surface area contributed by atoms with Gasteiger partial charge >= 0.3 is 5.97 Å². The summed E-state index contributed by atoms with van der Waals surface area (Å²) in [7, 11) is 0. The first-order valence-corrected chi connectivity index (χ1v) is 14.9. The lowest BCUT2D eigenvalue weighted by atomic mass is 9.73. The molecular formula is C32H56O5. The Morgan fingerprint density at radius 2 is 1.35 bits per heavy atom. The number of aliphatic hydroxyl groups excluding tert-OH is 1. The number of rotatable bonds is 16. The van der Waals surface area contributed by atoms with Crippen LogP contribution in [-0.4, -0.2) is 37.4 Å². The summed E-state index contributed by atoms with van der Waals surface area (Å²) in [5, 5.41) is 8.04. The molecule has 0 aliphatic heterocycles. The first-order valence-electron chi connectivity index (χ1n) is 14.9. The molecule has 37 heavy (non-hydrogen) atoms. The Balaban J connectivity index is 0.00000124. The molecule has 0 heterocycles. The molecule has 0 aromatic heterocycles. The number of carbonyl (C=O) groups excluding carboxylic acids is 2. The molecule has 214 valence electrons. The van der Waals surface area contributed by atoms with Crippen molar-refractivity contribution in [2.75, 3.05) is 19.8 Å². The van der Waals surface area contributed by atoms with Crippen LogP contribution in [0.15, 0.2) is 24.3 Å². The summed E-state index contributed by atoms with van der Waals surface area (Å²) in [5.41, 5.74) is 1.22. The summed E-state index contributed by atoms with van der Waals surface area (Å²) in [6.45, 7) is 14.0. The summed E-state index contributed by atoms with van der Waals surface area (Å²) >= 11 is 0. The highest BCUT2D eigenvalue weighted by Crippen LogP contribution is 2.39. The van der Waals surface area contributed by atoms with Crippen molar-refractivity contribution in [1.29, 1.82) is 0 Å². The molecule has 0 spiro atoms. The number of aliphatic hydroxyl groups is 1. The number of unbranched alkanes of at least 4 members (excludes halogenated alkanes) is 2. The van der Waals surface area contributed by atoms with Gasteiger partial charge in [0.05, 0.1) is 19.8 Å². The van der Waals surface area contributed by atoms with E-state index in [1.54, 1.807) is 13.8 Å². The monoisotopic (exact) mass is 520 g/mol. The van der Waals surface area contributed by atoms with Crippen LogP contribution in [0.4, 0.5) is 0 Å². The van der Waals surface area contributed by atoms with Crippen LogP contribution >= 0.6 is 0 Å². The van der Waals surface area contributed by atoms with Crippen LogP contribution in [0.3, 0.4) is 0 Å². The van der Waals surface area contributed by atoms with E-state index in [4.69, 9.17) is 14.6 Å². The second-order valence-electron chi connectivity index (χ2n) is 11.9. The van der Waals surface area contributed by atoms with Crippen LogP contribution < -0.4 is 0 Å². The van der Waals surface area contributed by atoms with Crippen molar-refractivity contribution in [3.63, 3.8) is 0 Å². The third kappa shape index (κ3) is 16.1. The maximum atomic E-state index is 11.7. The Morgan fingerprint density at radius 3 is 1.78 bits per heavy atom. The van der Waals surface area contributed by atoms with E-state index in [2.05, 4.69) is 20.1 Å². The Kier molecular flexibility index (Phi) is 18.4. The molecule has 0 bridgehead atoms. The lowest BCUT2D eigenvalue weighted by Gasteiger charge is -2.33. The second-order valence-corrected chi connectivity index (χ2v) is 11.9. The molecule has 0 amide bonds. The number of carbonyl (C=O) groups is 2. The minimum atomic E-state index is -0.361. The highest BCUT2D eigenvalue weighted by molar-refractivity contribution is 5.86. The standard InChI is InChI=1S/C28H48O4.C4H8O/c1-4-5-6-7-23-8-10-24(11-9-23)12-13-25-14-16-26(17-15-25)18-27(19-31-21-29)20-32-28(30)22(2)3;1-4(2)3-5/h21,23-27H,2,4-20H2,1,3H3;5H,1,3H2,2H3. The quantitative estimate of drug-likeness (QED) is 0.0738. The topological polar surface area (TPSA) is 72.8 Å². The summed E-state index contributed by atoms with van der Waals surface area (Å²) in [5.74, 6) is 3.24. The molecular weight excluding hydrogens is 464 g/mol. The highest BCUT2D eigenvalue weighted by atomic mass is 16.5. The molecule has 0 saturated heterocycles. The van der Waals surface area contributed by atoms with Gasteiger partial charge < -0.3 is 14.6 Å². The van der Waals surface area contributed by atoms with Crippen LogP contribution in [0.2, 0.25) is 0 Å². The first kappa shape index (κ1) is 33.4. The molecule has 0 radical (unpaired) electrons. The fourth-order valence-corrected chi connectivity index (χ4v) is 5.87. The maximum Gasteiger partial charge on any atom is 0.333 e. The molecule has 0 aromatic rings. The van der Waals surface area contributed by atoms with Crippen molar-refractivity contribution < 1.29 is 24.2 Å². The summed E-state index contributed by atoms with van der Waals surface area (Å²) < 4.78 is 10.3. The van der Waals surface area contributed by atoms with Crippen LogP contribution in [-0.2, 0) is 19.1 Å². The van der Waals surface area contributed by atoms with Crippen molar-refractivity contribution in [3.05, 3.63) is 24.3 Å². The SMILES string of the molecule is C=C(C)C(=O)OCC(COC=O)CC1CCC(CCC2CCC(CCCCC)CC2)CC1.C=C(C)CO. The van der Waals surface area contributed by atoms with Crippen LogP contribution in [0, 0.1) is 29.6 Å². The van der Waals surface area contributed by atoms with Crippen LogP contribution in [0.1, 0.15) is 117 Å². The zero-order valence-corrected chi connectivity index (χ0v) is 24.2. The van der Waals surface area contributed by atoms with E-state index in [9.17, 15) is 9.59 Å². The minimum Gasteiger partial charge on any atom is -0.467 e. The maximum absolute atomic E-state index is 11.7. The minimum absolute atomic E-state index is 0.0811. The molecule has 2 aliphatic rings. The molecule has 5 heteroatoms. The molecule has 5 nitrogen and oxygen atoms in total. The zero-order chi connectivity index (χ0) is 27.5. The van der Waals surface area contributed by atoms with E-state index in [0.717, 1.165) is 29.7 Å². The Morgan fingerprint density at radius 1 is 0.865 bits per heavy atom. The average Bonchev–Trinajstić information content (AvgIpc) is 2.90. The molecule has 2 aliphatic carbocycles. The molecule has 2 fully saturated rings. The third-order valence-corrected chi connectivity index (χ3v) is 8.27. The molecule has 1 atom stereocenters. The lowest BCUT2D eigenvalue weighted by molar-refractivity contribution is -0.141. The molecule has 1 unspecified atom stereocenters. The highest BCUT2D eigenvalue weighted by Gasteiger charge is 2.27. The van der Waals surface area contributed by atoms with Gasteiger partial charge in [0.2, 0.25) is 0 Å². The van der Waals surface area contributed by atoms with Crippen molar-refractivity contribution in [2.45, 2.75) is 117 Å². The third-order valence-electron chi connectivity index (χ3n) is 8.27. The fraction of sp³-hybridized carbons (Fsp3) is 0.812. The summed E-state index contributed by atoms with van der Waals surface area (Å²) in [6.07, 6.45) is 20.5. The van der Waals surface area contributed by atoms with E-state index < -0.39 is 0 Å².